The molecule has 0 atom stereocenters. The average Bonchev–Trinajstić information content (AvgIpc) is 2.43. The highest BCUT2D eigenvalue weighted by Crippen LogP contribution is 2.23. The van der Waals surface area contributed by atoms with Crippen molar-refractivity contribution in [2.24, 2.45) is 0 Å². The van der Waals surface area contributed by atoms with Gasteiger partial charge >= 0.3 is 0 Å². The molecule has 14 heavy (non-hydrogen) atoms. The Morgan fingerprint density at radius 3 is 2.43 bits per heavy atom. The molecule has 3 nitrogen and oxygen atoms in total. The van der Waals surface area contributed by atoms with E-state index in [0.29, 0.717) is 0 Å². The van der Waals surface area contributed by atoms with Crippen LogP contribution < -0.4 is 5.32 Å². The molecule has 0 saturated carbocycles. The first kappa shape index (κ1) is 11.2. The molecule has 1 aromatic heterocycles. The van der Waals surface area contributed by atoms with E-state index < -0.39 is 0 Å². The molecule has 1 N–H and O–H groups in total. The predicted molar refractivity (Wildman–Crippen MR) is 57.6 cm³/mol. The van der Waals surface area contributed by atoms with Gasteiger partial charge in [0.2, 0.25) is 0 Å². The van der Waals surface area contributed by atoms with Gasteiger partial charge in [0.1, 0.15) is 5.76 Å². The SMILES string of the molecule is CNCCc1oc(C(C)(C)C)nc1C. The first-order chi connectivity index (χ1) is 6.45. The minimum Gasteiger partial charge on any atom is -0.445 e. The summed E-state index contributed by atoms with van der Waals surface area (Å²) < 4.78 is 5.73. The Morgan fingerprint density at radius 1 is 1.36 bits per heavy atom. The number of nitrogens with zero attached hydrogens (tertiary/aromatic N) is 1. The molecule has 0 amide bonds. The average molecular weight is 196 g/mol. The van der Waals surface area contributed by atoms with Gasteiger partial charge in [-0.1, -0.05) is 20.8 Å². The molecule has 0 unspecified atom stereocenters. The van der Waals surface area contributed by atoms with Crippen LogP contribution in [0.15, 0.2) is 4.42 Å². The van der Waals surface area contributed by atoms with Gasteiger partial charge in [0.25, 0.3) is 0 Å². The predicted octanol–water partition coefficient (Wildman–Crippen LogP) is 2.04. The summed E-state index contributed by atoms with van der Waals surface area (Å²) in [6, 6.07) is 0. The standard InChI is InChI=1S/C11H20N2O/c1-8-9(6-7-12-5)14-10(13-8)11(2,3)4/h12H,6-7H2,1-5H3. The lowest BCUT2D eigenvalue weighted by molar-refractivity contribution is 0.371. The van der Waals surface area contributed by atoms with Gasteiger partial charge in [-0.3, -0.25) is 0 Å². The van der Waals surface area contributed by atoms with Gasteiger partial charge in [-0.05, 0) is 14.0 Å². The van der Waals surface area contributed by atoms with E-state index in [1.165, 1.54) is 0 Å². The summed E-state index contributed by atoms with van der Waals surface area (Å²) in [5, 5.41) is 3.10. The number of aryl methyl sites for hydroxylation is 1. The highest BCUT2D eigenvalue weighted by atomic mass is 16.4. The molecule has 0 fully saturated rings. The van der Waals surface area contributed by atoms with Crippen molar-refractivity contribution in [2.45, 2.75) is 39.5 Å². The van der Waals surface area contributed by atoms with E-state index in [1.807, 2.05) is 14.0 Å². The Morgan fingerprint density at radius 2 is 2.00 bits per heavy atom. The van der Waals surface area contributed by atoms with Crippen LogP contribution in [0.3, 0.4) is 0 Å². The van der Waals surface area contributed by atoms with Crippen LogP contribution >= 0.6 is 0 Å². The molecule has 80 valence electrons. The Balaban J connectivity index is 2.82. The van der Waals surface area contributed by atoms with Crippen molar-refractivity contribution in [3.8, 4) is 0 Å². The van der Waals surface area contributed by atoms with Crippen LogP contribution in [-0.2, 0) is 11.8 Å². The number of hydrogen-bond acceptors (Lipinski definition) is 3. The summed E-state index contributed by atoms with van der Waals surface area (Å²) in [7, 11) is 1.94. The fourth-order valence-electron chi connectivity index (χ4n) is 1.22. The highest BCUT2D eigenvalue weighted by Gasteiger charge is 2.21. The summed E-state index contributed by atoms with van der Waals surface area (Å²) in [5.41, 5.74) is 1.02. The van der Waals surface area contributed by atoms with Crippen LogP contribution in [0.5, 0.6) is 0 Å². The second kappa shape index (κ2) is 4.13. The van der Waals surface area contributed by atoms with Crippen LogP contribution in [0.4, 0.5) is 0 Å². The third-order valence-electron chi connectivity index (χ3n) is 2.14. The van der Waals surface area contributed by atoms with Crippen molar-refractivity contribution in [1.29, 1.82) is 0 Å². The van der Waals surface area contributed by atoms with Crippen LogP contribution in [-0.4, -0.2) is 18.6 Å². The van der Waals surface area contributed by atoms with Crippen LogP contribution in [0.25, 0.3) is 0 Å². The third kappa shape index (κ3) is 2.58. The Bertz CT molecular complexity index is 297. The quantitative estimate of drug-likeness (QED) is 0.804. The molecule has 1 heterocycles. The van der Waals surface area contributed by atoms with Gasteiger partial charge in [-0.2, -0.15) is 0 Å². The molecule has 0 saturated heterocycles. The van der Waals surface area contributed by atoms with Gasteiger partial charge in [-0.25, -0.2) is 4.98 Å². The van der Waals surface area contributed by atoms with Crippen molar-refractivity contribution in [1.82, 2.24) is 10.3 Å². The second-order valence-electron chi connectivity index (χ2n) is 4.63. The molecular formula is C11H20N2O. The van der Waals surface area contributed by atoms with Crippen LogP contribution in [0.1, 0.15) is 38.1 Å². The maximum atomic E-state index is 5.73. The normalized spacial score (nSPS) is 12.1. The highest BCUT2D eigenvalue weighted by molar-refractivity contribution is 5.12. The number of oxazole rings is 1. The van der Waals surface area contributed by atoms with Gasteiger partial charge in [-0.15, -0.1) is 0 Å². The van der Waals surface area contributed by atoms with Crippen molar-refractivity contribution in [3.05, 3.63) is 17.3 Å². The molecule has 0 radical (unpaired) electrons. The number of rotatable bonds is 3. The molecule has 0 aromatic carbocycles. The maximum absolute atomic E-state index is 5.73. The topological polar surface area (TPSA) is 38.1 Å². The van der Waals surface area contributed by atoms with E-state index in [4.69, 9.17) is 4.42 Å². The molecule has 1 aromatic rings. The van der Waals surface area contributed by atoms with E-state index >= 15 is 0 Å². The summed E-state index contributed by atoms with van der Waals surface area (Å²) in [6.45, 7) is 9.27. The van der Waals surface area contributed by atoms with Gasteiger partial charge in [0, 0.05) is 18.4 Å². The van der Waals surface area contributed by atoms with Crippen molar-refractivity contribution < 1.29 is 4.42 Å². The first-order valence-electron chi connectivity index (χ1n) is 5.06. The Kier molecular flexibility index (Phi) is 3.32. The first-order valence-corrected chi connectivity index (χ1v) is 5.06. The Labute approximate surface area is 85.9 Å². The molecular weight excluding hydrogens is 176 g/mol. The van der Waals surface area contributed by atoms with Crippen molar-refractivity contribution >= 4 is 0 Å². The zero-order valence-electron chi connectivity index (χ0n) is 9.77. The van der Waals surface area contributed by atoms with E-state index in [9.17, 15) is 0 Å². The lowest BCUT2D eigenvalue weighted by atomic mass is 9.97. The summed E-state index contributed by atoms with van der Waals surface area (Å²) in [4.78, 5) is 4.44. The molecule has 3 heteroatoms. The van der Waals surface area contributed by atoms with Gasteiger partial charge in [0.05, 0.1) is 5.69 Å². The molecule has 0 spiro atoms. The lowest BCUT2D eigenvalue weighted by Crippen LogP contribution is -2.11. The summed E-state index contributed by atoms with van der Waals surface area (Å²) in [6.07, 6.45) is 0.908. The number of hydrogen-bond donors (Lipinski definition) is 1. The van der Waals surface area contributed by atoms with E-state index in [-0.39, 0.29) is 5.41 Å². The minimum absolute atomic E-state index is 0.00263. The van der Waals surface area contributed by atoms with Crippen molar-refractivity contribution in [3.63, 3.8) is 0 Å². The minimum atomic E-state index is 0.00263. The van der Waals surface area contributed by atoms with E-state index in [0.717, 1.165) is 30.3 Å². The Hall–Kier alpha value is -0.830. The fraction of sp³-hybridized carbons (Fsp3) is 0.727. The van der Waals surface area contributed by atoms with Gasteiger partial charge in [0.15, 0.2) is 5.89 Å². The van der Waals surface area contributed by atoms with E-state index in [2.05, 4.69) is 31.1 Å². The molecule has 0 aliphatic heterocycles. The zero-order chi connectivity index (χ0) is 10.8. The third-order valence-corrected chi connectivity index (χ3v) is 2.14. The molecule has 1 rings (SSSR count). The smallest absolute Gasteiger partial charge is 0.199 e. The fourth-order valence-corrected chi connectivity index (χ4v) is 1.22. The van der Waals surface area contributed by atoms with Gasteiger partial charge < -0.3 is 9.73 Å². The monoisotopic (exact) mass is 196 g/mol. The molecule has 0 aliphatic carbocycles. The molecule has 0 aliphatic rings. The molecule has 0 bridgehead atoms. The number of aromatic nitrogens is 1. The maximum Gasteiger partial charge on any atom is 0.199 e. The zero-order valence-corrected chi connectivity index (χ0v) is 9.77. The number of nitrogens with one attached hydrogen (secondary N) is 1. The second-order valence-corrected chi connectivity index (χ2v) is 4.63. The lowest BCUT2D eigenvalue weighted by Gasteiger charge is -2.12. The van der Waals surface area contributed by atoms with Crippen LogP contribution in [0.2, 0.25) is 0 Å². The van der Waals surface area contributed by atoms with Crippen molar-refractivity contribution in [2.75, 3.05) is 13.6 Å². The summed E-state index contributed by atoms with van der Waals surface area (Å²) >= 11 is 0. The summed E-state index contributed by atoms with van der Waals surface area (Å²) in [5.74, 6) is 1.84. The van der Waals surface area contributed by atoms with E-state index in [1.54, 1.807) is 0 Å². The van der Waals surface area contributed by atoms with Crippen LogP contribution in [0, 0.1) is 6.92 Å². The largest absolute Gasteiger partial charge is 0.445 e. The number of likely N-dealkylation sites (N-methyl/N-ethyl adjacent to an activating group) is 1.